The van der Waals surface area contributed by atoms with Gasteiger partial charge in [0.15, 0.2) is 12.1 Å². The standard InChI is InChI=1S/C33H28N6O4/c1-20-7-13-25(14-8-20)38-32(41)30-31(33(38)42)37(36-34-30)19-29(40)39-28(22-11-15-26(43-2)16-12-22)18-27(35-39)24-10-9-21-5-3-4-6-23(21)17-24/h3-17,28,30-31H,18-19H2,1-2H3. The molecule has 3 atom stereocenters. The second-order valence-corrected chi connectivity index (χ2v) is 10.9. The minimum atomic E-state index is -0.991. The zero-order chi connectivity index (χ0) is 29.7. The minimum Gasteiger partial charge on any atom is -0.497 e. The molecule has 0 radical (unpaired) electrons. The first-order chi connectivity index (χ1) is 20.9. The maximum atomic E-state index is 13.9. The van der Waals surface area contributed by atoms with Crippen molar-refractivity contribution in [2.75, 3.05) is 18.6 Å². The highest BCUT2D eigenvalue weighted by molar-refractivity contribution is 6.25. The lowest BCUT2D eigenvalue weighted by atomic mass is 9.97. The molecule has 10 nitrogen and oxygen atoms in total. The Morgan fingerprint density at radius 1 is 0.907 bits per heavy atom. The Bertz CT molecular complexity index is 1820. The molecular weight excluding hydrogens is 544 g/mol. The van der Waals surface area contributed by atoms with Crippen molar-refractivity contribution < 1.29 is 19.1 Å². The van der Waals surface area contributed by atoms with E-state index in [1.165, 1.54) is 10.0 Å². The van der Waals surface area contributed by atoms with Crippen molar-refractivity contribution in [2.45, 2.75) is 31.5 Å². The number of nitrogens with zero attached hydrogens (tertiary/aromatic N) is 6. The molecule has 0 saturated carbocycles. The van der Waals surface area contributed by atoms with Gasteiger partial charge in [0.2, 0.25) is 0 Å². The number of fused-ring (bicyclic) bond motifs is 2. The summed E-state index contributed by atoms with van der Waals surface area (Å²) in [5, 5.41) is 18.0. The molecule has 3 aliphatic rings. The average Bonchev–Trinajstić information content (AvgIpc) is 3.73. The summed E-state index contributed by atoms with van der Waals surface area (Å²) >= 11 is 0. The number of ether oxygens (including phenoxy) is 1. The van der Waals surface area contributed by atoms with E-state index in [2.05, 4.69) is 22.5 Å². The van der Waals surface area contributed by atoms with E-state index in [-0.39, 0.29) is 18.5 Å². The molecule has 7 rings (SSSR count). The molecule has 0 aromatic heterocycles. The monoisotopic (exact) mass is 572 g/mol. The van der Waals surface area contributed by atoms with Gasteiger partial charge < -0.3 is 4.74 Å². The Hall–Kier alpha value is -5.38. The zero-order valence-electron chi connectivity index (χ0n) is 23.6. The number of methoxy groups -OCH3 is 1. The highest BCUT2D eigenvalue weighted by atomic mass is 16.5. The molecule has 4 aromatic rings. The minimum absolute atomic E-state index is 0.257. The van der Waals surface area contributed by atoms with Gasteiger partial charge in [-0.3, -0.25) is 19.4 Å². The third-order valence-corrected chi connectivity index (χ3v) is 8.20. The summed E-state index contributed by atoms with van der Waals surface area (Å²) < 4.78 is 5.33. The van der Waals surface area contributed by atoms with Gasteiger partial charge >= 0.3 is 0 Å². The number of carbonyl (C=O) groups excluding carboxylic acids is 3. The number of hydrogen-bond acceptors (Lipinski definition) is 8. The Morgan fingerprint density at radius 3 is 2.40 bits per heavy atom. The first-order valence-corrected chi connectivity index (χ1v) is 14.1. The van der Waals surface area contributed by atoms with Gasteiger partial charge in [-0.25, -0.2) is 9.91 Å². The molecule has 4 aromatic carbocycles. The Balaban J connectivity index is 1.17. The molecule has 3 unspecified atom stereocenters. The number of hydrazone groups is 1. The third kappa shape index (κ3) is 4.61. The fourth-order valence-corrected chi connectivity index (χ4v) is 5.88. The van der Waals surface area contributed by atoms with Crippen LogP contribution in [-0.4, -0.2) is 59.2 Å². The lowest BCUT2D eigenvalue weighted by Gasteiger charge is -2.25. The maximum absolute atomic E-state index is 13.9. The van der Waals surface area contributed by atoms with E-state index in [9.17, 15) is 14.4 Å². The van der Waals surface area contributed by atoms with Crippen LogP contribution < -0.4 is 9.64 Å². The third-order valence-electron chi connectivity index (χ3n) is 8.20. The van der Waals surface area contributed by atoms with Crippen LogP contribution in [-0.2, 0) is 14.4 Å². The SMILES string of the molecule is COc1ccc(C2CC(c3ccc4ccccc4c3)=NN2C(=O)CN2N=NC3C(=O)N(c4ccc(C)cc4)C(=O)C32)cc1. The summed E-state index contributed by atoms with van der Waals surface area (Å²) in [6, 6.07) is 26.6. The molecule has 3 aliphatic heterocycles. The van der Waals surface area contributed by atoms with Crippen molar-refractivity contribution in [1.29, 1.82) is 0 Å². The van der Waals surface area contributed by atoms with Gasteiger partial charge in [-0.15, -0.1) is 0 Å². The van der Waals surface area contributed by atoms with Crippen LogP contribution in [0, 0.1) is 6.92 Å². The molecule has 0 N–H and O–H groups in total. The van der Waals surface area contributed by atoms with Crippen LogP contribution in [0.1, 0.15) is 29.2 Å². The predicted molar refractivity (Wildman–Crippen MR) is 160 cm³/mol. The van der Waals surface area contributed by atoms with E-state index in [0.29, 0.717) is 17.9 Å². The first kappa shape index (κ1) is 26.5. The Labute approximate surface area is 247 Å². The first-order valence-electron chi connectivity index (χ1n) is 14.1. The van der Waals surface area contributed by atoms with Crippen molar-refractivity contribution in [3.63, 3.8) is 0 Å². The number of carbonyl (C=O) groups is 3. The van der Waals surface area contributed by atoms with Crippen molar-refractivity contribution in [1.82, 2.24) is 10.0 Å². The largest absolute Gasteiger partial charge is 0.497 e. The summed E-state index contributed by atoms with van der Waals surface area (Å²) in [6.07, 6.45) is 0.503. The number of benzene rings is 4. The second-order valence-electron chi connectivity index (χ2n) is 10.9. The van der Waals surface area contributed by atoms with Crippen molar-refractivity contribution >= 4 is 39.9 Å². The smallest absolute Gasteiger partial charge is 0.264 e. The van der Waals surface area contributed by atoms with E-state index in [4.69, 9.17) is 9.84 Å². The van der Waals surface area contributed by atoms with Crippen molar-refractivity contribution in [3.8, 4) is 5.75 Å². The summed E-state index contributed by atoms with van der Waals surface area (Å²) in [4.78, 5) is 41.7. The quantitative estimate of drug-likeness (QED) is 0.308. The van der Waals surface area contributed by atoms with Crippen LogP contribution in [0.3, 0.4) is 0 Å². The van der Waals surface area contributed by atoms with E-state index in [1.54, 1.807) is 19.2 Å². The van der Waals surface area contributed by atoms with Gasteiger partial charge in [0.25, 0.3) is 17.7 Å². The van der Waals surface area contributed by atoms with Crippen LogP contribution in [0.2, 0.25) is 0 Å². The average molecular weight is 573 g/mol. The summed E-state index contributed by atoms with van der Waals surface area (Å²) in [7, 11) is 1.61. The number of imide groups is 1. The lowest BCUT2D eigenvalue weighted by molar-refractivity contribution is -0.135. The van der Waals surface area contributed by atoms with Gasteiger partial charge in [0.05, 0.1) is 24.6 Å². The Morgan fingerprint density at radius 2 is 1.65 bits per heavy atom. The van der Waals surface area contributed by atoms with Gasteiger partial charge in [-0.1, -0.05) is 71.5 Å². The van der Waals surface area contributed by atoms with Gasteiger partial charge in [-0.05, 0) is 59.2 Å². The normalized spacial score (nSPS) is 21.1. The highest BCUT2D eigenvalue weighted by Gasteiger charge is 2.55. The Kier molecular flexibility index (Phi) is 6.46. The summed E-state index contributed by atoms with van der Waals surface area (Å²) in [6.45, 7) is 1.67. The zero-order valence-corrected chi connectivity index (χ0v) is 23.6. The number of anilines is 1. The van der Waals surface area contributed by atoms with Crippen LogP contribution in [0.5, 0.6) is 5.75 Å². The van der Waals surface area contributed by atoms with Gasteiger partial charge in [-0.2, -0.15) is 10.2 Å². The number of amides is 3. The highest BCUT2D eigenvalue weighted by Crippen LogP contribution is 2.36. The van der Waals surface area contributed by atoms with Crippen LogP contribution in [0.25, 0.3) is 10.8 Å². The van der Waals surface area contributed by atoms with Crippen LogP contribution >= 0.6 is 0 Å². The van der Waals surface area contributed by atoms with Gasteiger partial charge in [0, 0.05) is 6.42 Å². The molecule has 1 saturated heterocycles. The molecule has 3 heterocycles. The van der Waals surface area contributed by atoms with Gasteiger partial charge in [0.1, 0.15) is 12.3 Å². The molecular formula is C33H28N6O4. The number of rotatable bonds is 6. The van der Waals surface area contributed by atoms with E-state index < -0.39 is 23.9 Å². The molecule has 214 valence electrons. The van der Waals surface area contributed by atoms with Crippen LogP contribution in [0.15, 0.2) is 106 Å². The van der Waals surface area contributed by atoms with E-state index in [0.717, 1.165) is 38.1 Å². The fourth-order valence-electron chi connectivity index (χ4n) is 5.88. The van der Waals surface area contributed by atoms with Crippen LogP contribution in [0.4, 0.5) is 5.69 Å². The molecule has 0 bridgehead atoms. The lowest BCUT2D eigenvalue weighted by Crippen LogP contribution is -2.44. The molecule has 10 heteroatoms. The number of hydrogen-bond donors (Lipinski definition) is 0. The summed E-state index contributed by atoms with van der Waals surface area (Å²) in [5.74, 6) is -0.553. The maximum Gasteiger partial charge on any atom is 0.264 e. The number of aryl methyl sites for hydroxylation is 1. The molecule has 43 heavy (non-hydrogen) atoms. The van der Waals surface area contributed by atoms with Crippen molar-refractivity contribution in [2.24, 2.45) is 15.4 Å². The summed E-state index contributed by atoms with van der Waals surface area (Å²) in [5.41, 5.74) is 4.08. The van der Waals surface area contributed by atoms with Crippen molar-refractivity contribution in [3.05, 3.63) is 108 Å². The van der Waals surface area contributed by atoms with E-state index >= 15 is 0 Å². The van der Waals surface area contributed by atoms with E-state index in [1.807, 2.05) is 73.7 Å². The molecule has 0 spiro atoms. The fraction of sp³-hybridized carbons (Fsp3) is 0.212. The second kappa shape index (κ2) is 10.5. The molecule has 3 amide bonds. The topological polar surface area (TPSA) is 107 Å². The predicted octanol–water partition coefficient (Wildman–Crippen LogP) is 4.83. The molecule has 1 fully saturated rings. The molecule has 0 aliphatic carbocycles.